The first-order chi connectivity index (χ1) is 15.7. The molecule has 2 aliphatic heterocycles. The molecule has 2 aromatic carbocycles. The van der Waals surface area contributed by atoms with Gasteiger partial charge in [-0.25, -0.2) is 0 Å². The maximum atomic E-state index is 13.0. The fourth-order valence-electron chi connectivity index (χ4n) is 5.13. The molecule has 5 rings (SSSR count). The number of amides is 2. The van der Waals surface area contributed by atoms with Crippen molar-refractivity contribution in [3.05, 3.63) is 59.7 Å². The molecule has 0 bridgehead atoms. The van der Waals surface area contributed by atoms with E-state index in [4.69, 9.17) is 9.47 Å². The molecule has 2 amide bonds. The maximum absolute atomic E-state index is 13.0. The molecule has 6 heteroatoms. The number of ether oxygens (including phenoxy) is 2. The fraction of sp³-hybridized carbons (Fsp3) is 0.462. The molecule has 2 N–H and O–H groups in total. The van der Waals surface area contributed by atoms with Crippen molar-refractivity contribution in [2.24, 2.45) is 5.92 Å². The number of nitrogens with one attached hydrogen (secondary N) is 2. The zero-order valence-electron chi connectivity index (χ0n) is 18.2. The van der Waals surface area contributed by atoms with Gasteiger partial charge in [0.2, 0.25) is 0 Å². The van der Waals surface area contributed by atoms with Gasteiger partial charge in [-0.3, -0.25) is 9.59 Å². The van der Waals surface area contributed by atoms with Crippen molar-refractivity contribution in [3.8, 4) is 11.5 Å². The highest BCUT2D eigenvalue weighted by Gasteiger charge is 2.34. The Morgan fingerprint density at radius 2 is 1.38 bits per heavy atom. The molecule has 0 radical (unpaired) electrons. The number of fused-ring (bicyclic) bond motifs is 2. The van der Waals surface area contributed by atoms with Gasteiger partial charge in [-0.15, -0.1) is 0 Å². The molecule has 2 aromatic rings. The third-order valence-corrected chi connectivity index (χ3v) is 6.92. The van der Waals surface area contributed by atoms with E-state index >= 15 is 0 Å². The summed E-state index contributed by atoms with van der Waals surface area (Å²) in [6, 6.07) is 15.4. The van der Waals surface area contributed by atoms with Gasteiger partial charge in [0.25, 0.3) is 11.8 Å². The summed E-state index contributed by atoms with van der Waals surface area (Å²) < 4.78 is 11.7. The van der Waals surface area contributed by atoms with E-state index < -0.39 is 12.2 Å². The van der Waals surface area contributed by atoms with Gasteiger partial charge in [-0.05, 0) is 42.0 Å². The average molecular weight is 435 g/mol. The second kappa shape index (κ2) is 9.23. The highest BCUT2D eigenvalue weighted by Crippen LogP contribution is 2.30. The van der Waals surface area contributed by atoms with Gasteiger partial charge in [0.05, 0.1) is 0 Å². The lowest BCUT2D eigenvalue weighted by Crippen LogP contribution is -2.53. The van der Waals surface area contributed by atoms with Crippen molar-refractivity contribution >= 4 is 11.8 Å². The van der Waals surface area contributed by atoms with Crippen molar-refractivity contribution in [2.75, 3.05) is 6.54 Å². The molecule has 0 spiro atoms. The van der Waals surface area contributed by atoms with Gasteiger partial charge in [0, 0.05) is 25.4 Å². The molecular weight excluding hydrogens is 404 g/mol. The number of hydrogen-bond donors (Lipinski definition) is 2. The lowest BCUT2D eigenvalue weighted by Gasteiger charge is -2.32. The molecule has 0 saturated heterocycles. The van der Waals surface area contributed by atoms with Gasteiger partial charge < -0.3 is 20.1 Å². The molecule has 1 fully saturated rings. The fourth-order valence-corrected chi connectivity index (χ4v) is 5.13. The van der Waals surface area contributed by atoms with Crippen LogP contribution in [-0.2, 0) is 22.4 Å². The second-order valence-electron chi connectivity index (χ2n) is 9.10. The first-order valence-corrected chi connectivity index (χ1v) is 11.7. The predicted molar refractivity (Wildman–Crippen MR) is 121 cm³/mol. The van der Waals surface area contributed by atoms with Crippen LogP contribution in [0, 0.1) is 5.92 Å². The Balaban J connectivity index is 1.20. The van der Waals surface area contributed by atoms with Crippen LogP contribution >= 0.6 is 0 Å². The monoisotopic (exact) mass is 434 g/mol. The summed E-state index contributed by atoms with van der Waals surface area (Å²) >= 11 is 0. The molecule has 0 aromatic heterocycles. The van der Waals surface area contributed by atoms with Crippen LogP contribution in [0.1, 0.15) is 43.2 Å². The van der Waals surface area contributed by atoms with Crippen LogP contribution in [0.2, 0.25) is 0 Å². The van der Waals surface area contributed by atoms with E-state index in [1.54, 1.807) is 0 Å². The van der Waals surface area contributed by atoms with E-state index in [1.807, 2.05) is 48.5 Å². The minimum Gasteiger partial charge on any atom is -0.480 e. The van der Waals surface area contributed by atoms with E-state index in [9.17, 15) is 9.59 Å². The third kappa shape index (κ3) is 4.45. The Kier molecular flexibility index (Phi) is 6.02. The summed E-state index contributed by atoms with van der Waals surface area (Å²) in [6.07, 6.45) is 5.84. The van der Waals surface area contributed by atoms with Crippen molar-refractivity contribution in [3.63, 3.8) is 0 Å². The minimum atomic E-state index is -0.512. The number of carbonyl (C=O) groups excluding carboxylic acids is 2. The van der Waals surface area contributed by atoms with Crippen LogP contribution in [0.15, 0.2) is 48.5 Å². The summed E-state index contributed by atoms with van der Waals surface area (Å²) in [4.78, 5) is 25.9. The molecular formula is C26H30N2O4. The van der Waals surface area contributed by atoms with Crippen LogP contribution in [0.4, 0.5) is 0 Å². The van der Waals surface area contributed by atoms with Crippen molar-refractivity contribution in [1.82, 2.24) is 10.6 Å². The first kappa shape index (κ1) is 20.9. The molecule has 3 atom stereocenters. The van der Waals surface area contributed by atoms with E-state index in [-0.39, 0.29) is 17.9 Å². The van der Waals surface area contributed by atoms with Crippen LogP contribution in [0.3, 0.4) is 0 Å². The molecule has 3 unspecified atom stereocenters. The van der Waals surface area contributed by atoms with Crippen molar-refractivity contribution < 1.29 is 19.1 Å². The SMILES string of the molecule is O=C(NCC(NC(=O)C1Cc2ccccc2O1)C1CCCCC1)C1Cc2ccccc2O1. The Hall–Kier alpha value is -3.02. The molecule has 1 aliphatic carbocycles. The number of rotatable bonds is 6. The van der Waals surface area contributed by atoms with E-state index in [2.05, 4.69) is 10.6 Å². The van der Waals surface area contributed by atoms with Crippen molar-refractivity contribution in [2.45, 2.75) is 63.2 Å². The average Bonchev–Trinajstić information content (AvgIpc) is 3.46. The Labute approximate surface area is 188 Å². The second-order valence-corrected chi connectivity index (χ2v) is 9.10. The van der Waals surface area contributed by atoms with Gasteiger partial charge in [0.15, 0.2) is 12.2 Å². The maximum Gasteiger partial charge on any atom is 0.261 e. The van der Waals surface area contributed by atoms with E-state index in [1.165, 1.54) is 6.42 Å². The third-order valence-electron chi connectivity index (χ3n) is 6.92. The Morgan fingerprint density at radius 1 is 0.812 bits per heavy atom. The van der Waals surface area contributed by atoms with Gasteiger partial charge in [-0.1, -0.05) is 55.7 Å². The van der Waals surface area contributed by atoms with E-state index in [0.717, 1.165) is 48.3 Å². The lowest BCUT2D eigenvalue weighted by atomic mass is 9.83. The minimum absolute atomic E-state index is 0.101. The topological polar surface area (TPSA) is 76.7 Å². The molecule has 3 aliphatic rings. The molecule has 6 nitrogen and oxygen atoms in total. The Morgan fingerprint density at radius 3 is 1.97 bits per heavy atom. The molecule has 32 heavy (non-hydrogen) atoms. The quantitative estimate of drug-likeness (QED) is 0.732. The largest absolute Gasteiger partial charge is 0.480 e. The first-order valence-electron chi connectivity index (χ1n) is 11.7. The summed E-state index contributed by atoms with van der Waals surface area (Å²) in [5.41, 5.74) is 2.12. The molecule has 168 valence electrons. The summed E-state index contributed by atoms with van der Waals surface area (Å²) in [6.45, 7) is 0.408. The summed E-state index contributed by atoms with van der Waals surface area (Å²) in [5.74, 6) is 1.70. The van der Waals surface area contributed by atoms with Crippen LogP contribution < -0.4 is 20.1 Å². The molecule has 2 heterocycles. The Bertz CT molecular complexity index is 935. The van der Waals surface area contributed by atoms with Crippen LogP contribution in [-0.4, -0.2) is 36.6 Å². The summed E-state index contributed by atoms with van der Waals surface area (Å²) in [7, 11) is 0. The number of carbonyl (C=O) groups is 2. The van der Waals surface area contributed by atoms with Crippen LogP contribution in [0.25, 0.3) is 0 Å². The standard InChI is InChI=1S/C26H30N2O4/c29-25(23-14-18-10-4-6-12-21(18)31-23)27-16-20(17-8-2-1-3-9-17)28-26(30)24-15-19-11-5-7-13-22(19)32-24/h4-7,10-13,17,20,23-24H,1-3,8-9,14-16H2,(H,27,29)(H,28,30). The van der Waals surface area contributed by atoms with Crippen LogP contribution in [0.5, 0.6) is 11.5 Å². The lowest BCUT2D eigenvalue weighted by molar-refractivity contribution is -0.130. The number of para-hydroxylation sites is 2. The van der Waals surface area contributed by atoms with Gasteiger partial charge in [-0.2, -0.15) is 0 Å². The van der Waals surface area contributed by atoms with Gasteiger partial charge in [0.1, 0.15) is 11.5 Å². The summed E-state index contributed by atoms with van der Waals surface area (Å²) in [5, 5.41) is 6.26. The highest BCUT2D eigenvalue weighted by atomic mass is 16.5. The van der Waals surface area contributed by atoms with Crippen molar-refractivity contribution in [1.29, 1.82) is 0 Å². The van der Waals surface area contributed by atoms with E-state index in [0.29, 0.717) is 25.3 Å². The highest BCUT2D eigenvalue weighted by molar-refractivity contribution is 5.84. The number of benzene rings is 2. The normalized spacial score (nSPS) is 22.8. The number of hydrogen-bond acceptors (Lipinski definition) is 4. The zero-order chi connectivity index (χ0) is 21.9. The smallest absolute Gasteiger partial charge is 0.261 e. The zero-order valence-corrected chi connectivity index (χ0v) is 18.2. The van der Waals surface area contributed by atoms with Gasteiger partial charge >= 0.3 is 0 Å². The predicted octanol–water partition coefficient (Wildman–Crippen LogP) is 3.18. The molecule has 1 saturated carbocycles.